The molecule has 160 valence electrons. The Labute approximate surface area is 226 Å². The van der Waals surface area contributed by atoms with Gasteiger partial charge in [-0.3, -0.25) is 10.2 Å². The molecule has 29 heavy (non-hydrogen) atoms. The van der Waals surface area contributed by atoms with Gasteiger partial charge in [0.1, 0.15) is 6.34 Å². The number of rotatable bonds is 5. The molecule has 0 amide bonds. The number of hydrazone groups is 1. The summed E-state index contributed by atoms with van der Waals surface area (Å²) < 4.78 is 0. The van der Waals surface area contributed by atoms with Gasteiger partial charge in [-0.2, -0.15) is 11.4 Å². The average molecular weight is 448 g/mol. The molecule has 0 unspecified atom stereocenters. The van der Waals surface area contributed by atoms with Crippen LogP contribution in [0, 0.1) is 18.8 Å². The molecule has 0 aliphatic heterocycles. The molecule has 0 aromatic heterocycles. The molecule has 0 atom stereocenters. The molecule has 0 bridgehead atoms. The zero-order chi connectivity index (χ0) is 21.8. The molecule has 0 saturated heterocycles. The Bertz CT molecular complexity index is 561. The van der Waals surface area contributed by atoms with Gasteiger partial charge in [-0.05, 0) is 37.3 Å². The summed E-state index contributed by atoms with van der Waals surface area (Å²) in [6.45, 7) is 10.2. The van der Waals surface area contributed by atoms with E-state index in [1.54, 1.807) is 12.6 Å². The van der Waals surface area contributed by atoms with Gasteiger partial charge in [-0.15, -0.1) is 0 Å². The van der Waals surface area contributed by atoms with E-state index in [-0.39, 0.29) is 57.3 Å². The first-order valence-corrected chi connectivity index (χ1v) is 10.8. The second-order valence-corrected chi connectivity index (χ2v) is 6.37. The van der Waals surface area contributed by atoms with Crippen LogP contribution in [0.15, 0.2) is 34.4 Å². The van der Waals surface area contributed by atoms with E-state index in [4.69, 9.17) is 5.11 Å². The number of carboxylic acids is 1. The quantitative estimate of drug-likeness (QED) is 0.239. The Kier molecular flexibility index (Phi) is 27.8. The summed E-state index contributed by atoms with van der Waals surface area (Å²) >= 11 is 4.08. The summed E-state index contributed by atoms with van der Waals surface area (Å²) in [5.41, 5.74) is 4.89. The maximum atomic E-state index is 10.4. The molecule has 2 rings (SSSR count). The number of aliphatic imine (C=N–C) groups is 1. The van der Waals surface area contributed by atoms with Gasteiger partial charge in [0.05, 0.1) is 11.6 Å². The summed E-state index contributed by atoms with van der Waals surface area (Å²) in [5, 5.41) is 12.5. The van der Waals surface area contributed by atoms with Crippen LogP contribution in [0.3, 0.4) is 0 Å². The minimum absolute atomic E-state index is 0. The second kappa shape index (κ2) is 24.1. The van der Waals surface area contributed by atoms with E-state index >= 15 is 0 Å². The van der Waals surface area contributed by atoms with Crippen LogP contribution in [0.1, 0.15) is 65.4 Å². The van der Waals surface area contributed by atoms with Gasteiger partial charge < -0.3 is 17.7 Å². The third kappa shape index (κ3) is 19.5. The summed E-state index contributed by atoms with van der Waals surface area (Å²) in [4.78, 5) is 14.6. The minimum Gasteiger partial charge on any atom is -0.796 e. The van der Waals surface area contributed by atoms with Gasteiger partial charge in [0.2, 0.25) is 0 Å². The maximum absolute atomic E-state index is 10.4. The van der Waals surface area contributed by atoms with Crippen molar-refractivity contribution in [1.82, 2.24) is 5.43 Å². The number of hydrogen-bond donors (Lipinski definition) is 2. The minimum atomic E-state index is -0.602. The van der Waals surface area contributed by atoms with E-state index in [0.717, 1.165) is 36.9 Å². The Hall–Kier alpha value is -0.184. The third-order valence-electron chi connectivity index (χ3n) is 3.78. The number of carbonyl (C=O) groups is 1. The van der Waals surface area contributed by atoms with Gasteiger partial charge in [-0.1, -0.05) is 65.2 Å². The van der Waals surface area contributed by atoms with Crippen LogP contribution in [0.5, 0.6) is 0 Å². The first kappa shape index (κ1) is 33.5. The molecule has 1 aromatic carbocycles. The number of benzene rings is 1. The van der Waals surface area contributed by atoms with E-state index in [0.29, 0.717) is 5.92 Å². The van der Waals surface area contributed by atoms with E-state index in [9.17, 15) is 4.79 Å². The normalized spacial score (nSPS) is 13.2. The molecule has 1 saturated carbocycles. The summed E-state index contributed by atoms with van der Waals surface area (Å²) in [5.74, 6) is -0.183. The van der Waals surface area contributed by atoms with Crippen molar-refractivity contribution in [1.29, 1.82) is 0 Å². The van der Waals surface area contributed by atoms with Gasteiger partial charge in [0.15, 0.2) is 0 Å². The van der Waals surface area contributed by atoms with Gasteiger partial charge in [0, 0.05) is 6.21 Å². The van der Waals surface area contributed by atoms with Crippen molar-refractivity contribution in [2.24, 2.45) is 21.9 Å². The fraction of sp³-hybridized carbons (Fsp3) is 0.591. The van der Waals surface area contributed by atoms with Crippen LogP contribution in [0.4, 0.5) is 5.69 Å². The molecule has 0 radical (unpaired) electrons. The predicted molar refractivity (Wildman–Crippen MR) is 125 cm³/mol. The van der Waals surface area contributed by atoms with Gasteiger partial charge in [-0.25, -0.2) is 4.99 Å². The molecule has 1 aliphatic carbocycles. The molecule has 5 nitrogen and oxygen atoms in total. The number of nitrogens with one attached hydrogen (secondary N) is 1. The van der Waals surface area contributed by atoms with Crippen molar-refractivity contribution in [2.45, 2.75) is 66.7 Å². The molecule has 7 heteroatoms. The number of nitrogens with zero attached hydrogens (tertiary/aromatic N) is 2. The average Bonchev–Trinajstić information content (AvgIpc) is 2.73. The Morgan fingerprint density at radius 3 is 2.17 bits per heavy atom. The van der Waals surface area contributed by atoms with Crippen molar-refractivity contribution in [3.8, 4) is 0 Å². The molecular weight excluding hydrogens is 409 g/mol. The standard InChI is InChI=1S/C12H17N3.C7H12O2.C2H6.CH4S.K/c1-10(2)8-14-15-9-13-12-7-5-4-6-11(12)3;8-7(9)6-4-2-1-3-5-6;2*1-2;/h4-10H,1-3H3,(H,13,15);6H,1-5H2,(H,8,9);1-2H3;2H,1H3;/q;;;;+1/p-1/b14-8+;;;;. The van der Waals surface area contributed by atoms with E-state index in [1.165, 1.54) is 6.42 Å². The Morgan fingerprint density at radius 1 is 1.17 bits per heavy atom. The van der Waals surface area contributed by atoms with Crippen LogP contribution in [-0.2, 0) is 17.4 Å². The summed E-state index contributed by atoms with van der Waals surface area (Å²) in [6.07, 6.45) is 10.3. The monoisotopic (exact) mass is 447 g/mol. The zero-order valence-corrected chi connectivity index (χ0v) is 23.3. The molecular formula is C22H38KN3O2S. The van der Waals surface area contributed by atoms with Gasteiger partial charge >= 0.3 is 57.4 Å². The van der Waals surface area contributed by atoms with Crippen LogP contribution in [0.25, 0.3) is 0 Å². The first-order valence-electron chi connectivity index (χ1n) is 10.0. The number of para-hydroxylation sites is 1. The van der Waals surface area contributed by atoms with Gasteiger partial charge in [0.25, 0.3) is 0 Å². The smallest absolute Gasteiger partial charge is 0.796 e. The topological polar surface area (TPSA) is 74.0 Å². The third-order valence-corrected chi connectivity index (χ3v) is 3.78. The van der Waals surface area contributed by atoms with Crippen molar-refractivity contribution in [3.63, 3.8) is 0 Å². The maximum Gasteiger partial charge on any atom is 1.00 e. The number of hydrogen-bond acceptors (Lipinski definition) is 4. The molecule has 1 aliphatic rings. The fourth-order valence-electron chi connectivity index (χ4n) is 2.38. The van der Waals surface area contributed by atoms with Crippen molar-refractivity contribution < 1.29 is 61.3 Å². The van der Waals surface area contributed by atoms with E-state index in [2.05, 4.69) is 42.0 Å². The van der Waals surface area contributed by atoms with Crippen LogP contribution >= 0.6 is 0 Å². The summed E-state index contributed by atoms with van der Waals surface area (Å²) in [7, 11) is 0. The van der Waals surface area contributed by atoms with Crippen LogP contribution < -0.4 is 56.8 Å². The number of aliphatic carboxylic acids is 1. The number of carboxylic acid groups (broad SMARTS) is 1. The molecule has 1 aromatic rings. The SMILES string of the molecule is CC.C[S-].Cc1ccccc1N=CN/N=C/C(C)C.O=C(O)C1CCCCC1.[K+]. The predicted octanol–water partition coefficient (Wildman–Crippen LogP) is 2.73. The molecule has 2 N–H and O–H groups in total. The molecule has 1 fully saturated rings. The Morgan fingerprint density at radius 2 is 1.72 bits per heavy atom. The largest absolute Gasteiger partial charge is 1.00 e. The first-order chi connectivity index (χ1) is 13.5. The van der Waals surface area contributed by atoms with E-state index in [1.807, 2.05) is 51.3 Å². The number of aryl methyl sites for hydroxylation is 1. The summed E-state index contributed by atoms with van der Waals surface area (Å²) in [6, 6.07) is 7.97. The zero-order valence-electron chi connectivity index (χ0n) is 19.3. The van der Waals surface area contributed by atoms with Crippen LogP contribution in [0.2, 0.25) is 0 Å². The molecule has 0 heterocycles. The Balaban J connectivity index is -0.000000415. The van der Waals surface area contributed by atoms with Crippen molar-refractivity contribution >= 4 is 36.8 Å². The van der Waals surface area contributed by atoms with E-state index < -0.39 is 5.97 Å². The second-order valence-electron chi connectivity index (χ2n) is 6.37. The van der Waals surface area contributed by atoms with Crippen molar-refractivity contribution in [2.75, 3.05) is 6.26 Å². The van der Waals surface area contributed by atoms with Crippen molar-refractivity contribution in [3.05, 3.63) is 29.8 Å². The fourth-order valence-corrected chi connectivity index (χ4v) is 2.38. The molecule has 0 spiro atoms. The van der Waals surface area contributed by atoms with Crippen LogP contribution in [-0.4, -0.2) is 29.9 Å².